The molecule has 6 nitrogen and oxygen atoms in total. The lowest BCUT2D eigenvalue weighted by Gasteiger charge is -2.32. The monoisotopic (exact) mass is 403 g/mol. The summed E-state index contributed by atoms with van der Waals surface area (Å²) < 4.78 is 5.96. The van der Waals surface area contributed by atoms with Crippen molar-refractivity contribution in [3.05, 3.63) is 58.9 Å². The largest absolute Gasteiger partial charge is 0.489 e. The fourth-order valence-electron chi connectivity index (χ4n) is 3.07. The van der Waals surface area contributed by atoms with Gasteiger partial charge in [0.15, 0.2) is 0 Å². The van der Waals surface area contributed by atoms with Crippen LogP contribution in [0.4, 0.5) is 0 Å². The average molecular weight is 404 g/mol. The van der Waals surface area contributed by atoms with E-state index in [1.807, 2.05) is 23.1 Å². The molecule has 2 amide bonds. The van der Waals surface area contributed by atoms with E-state index in [4.69, 9.17) is 16.3 Å². The van der Waals surface area contributed by atoms with Gasteiger partial charge >= 0.3 is 0 Å². The molecule has 1 aromatic carbocycles. The molecule has 0 atom stereocenters. The fraction of sp³-hybridized carbons (Fsp3) is 0.381. The van der Waals surface area contributed by atoms with E-state index < -0.39 is 0 Å². The second kappa shape index (κ2) is 10.1. The summed E-state index contributed by atoms with van der Waals surface area (Å²) in [4.78, 5) is 30.3. The van der Waals surface area contributed by atoms with Crippen molar-refractivity contribution >= 4 is 23.4 Å². The molecule has 0 radical (unpaired) electrons. The smallest absolute Gasteiger partial charge is 0.251 e. The normalized spacial score (nSPS) is 14.1. The van der Waals surface area contributed by atoms with Gasteiger partial charge in [0.05, 0.1) is 17.1 Å². The lowest BCUT2D eigenvalue weighted by Crippen LogP contribution is -2.42. The van der Waals surface area contributed by atoms with Crippen molar-refractivity contribution in [3.8, 4) is 5.75 Å². The minimum Gasteiger partial charge on any atom is -0.489 e. The van der Waals surface area contributed by atoms with Gasteiger partial charge in [0, 0.05) is 44.7 Å². The number of amides is 2. The molecule has 0 unspecified atom stereocenters. The summed E-state index contributed by atoms with van der Waals surface area (Å²) in [6, 6.07) is 10.7. The Labute approximate surface area is 170 Å². The molecule has 150 valence electrons. The number of pyridine rings is 1. The molecule has 28 heavy (non-hydrogen) atoms. The fourth-order valence-corrected chi connectivity index (χ4v) is 3.25. The van der Waals surface area contributed by atoms with E-state index in [-0.39, 0.29) is 31.8 Å². The summed E-state index contributed by atoms with van der Waals surface area (Å²) in [5.41, 5.74) is 1.10. The maximum absolute atomic E-state index is 12.6. The van der Waals surface area contributed by atoms with Gasteiger partial charge in [0.2, 0.25) is 5.91 Å². The number of halogens is 1. The molecule has 2 heterocycles. The SMILES string of the molecule is C.CNC(=O)c1ccnc(CC(=O)N2CCC(Oc3ccccc3Cl)CC2)c1. The van der Waals surface area contributed by atoms with Gasteiger partial charge in [0.1, 0.15) is 11.9 Å². The summed E-state index contributed by atoms with van der Waals surface area (Å²) in [6.07, 6.45) is 3.28. The second-order valence-corrected chi connectivity index (χ2v) is 6.83. The van der Waals surface area contributed by atoms with Crippen molar-refractivity contribution in [2.45, 2.75) is 32.8 Å². The average Bonchev–Trinajstić information content (AvgIpc) is 2.70. The van der Waals surface area contributed by atoms with Crippen molar-refractivity contribution < 1.29 is 14.3 Å². The van der Waals surface area contributed by atoms with Crippen LogP contribution in [0.15, 0.2) is 42.6 Å². The van der Waals surface area contributed by atoms with Crippen LogP contribution in [-0.2, 0) is 11.2 Å². The predicted molar refractivity (Wildman–Crippen MR) is 110 cm³/mol. The van der Waals surface area contributed by atoms with Crippen LogP contribution < -0.4 is 10.1 Å². The third-order valence-corrected chi connectivity index (χ3v) is 4.88. The Kier molecular flexibility index (Phi) is 7.81. The lowest BCUT2D eigenvalue weighted by molar-refractivity contribution is -0.132. The highest BCUT2D eigenvalue weighted by Crippen LogP contribution is 2.26. The molecule has 1 aliphatic rings. The third kappa shape index (κ3) is 5.45. The van der Waals surface area contributed by atoms with E-state index in [1.54, 1.807) is 31.4 Å². The topological polar surface area (TPSA) is 71.5 Å². The molecule has 2 aromatic rings. The Hall–Kier alpha value is -2.60. The molecule has 0 aliphatic carbocycles. The van der Waals surface area contributed by atoms with Gasteiger partial charge in [-0.3, -0.25) is 14.6 Å². The highest BCUT2D eigenvalue weighted by molar-refractivity contribution is 6.32. The van der Waals surface area contributed by atoms with E-state index >= 15 is 0 Å². The zero-order valence-electron chi connectivity index (χ0n) is 15.2. The van der Waals surface area contributed by atoms with E-state index in [1.165, 1.54) is 0 Å². The van der Waals surface area contributed by atoms with Crippen molar-refractivity contribution in [1.29, 1.82) is 0 Å². The number of piperidine rings is 1. The zero-order chi connectivity index (χ0) is 19.2. The Morgan fingerprint density at radius 1 is 1.25 bits per heavy atom. The Bertz CT molecular complexity index is 820. The van der Waals surface area contributed by atoms with Gasteiger partial charge in [-0.1, -0.05) is 31.2 Å². The quantitative estimate of drug-likeness (QED) is 0.831. The number of likely N-dealkylation sites (tertiary alicyclic amines) is 1. The molecular formula is C21H26ClN3O3. The molecule has 0 bridgehead atoms. The standard InChI is InChI=1S/C20H22ClN3O3.CH4/c1-22-20(26)14-6-9-23-15(12-14)13-19(25)24-10-7-16(8-11-24)27-18-5-3-2-4-17(18)21;/h2-6,9,12,16H,7-8,10-11,13H2,1H3,(H,22,26);1H4. The summed E-state index contributed by atoms with van der Waals surface area (Å²) in [5.74, 6) is 0.496. The first-order valence-corrected chi connectivity index (χ1v) is 9.30. The van der Waals surface area contributed by atoms with Crippen molar-refractivity contribution in [2.24, 2.45) is 0 Å². The van der Waals surface area contributed by atoms with Crippen LogP contribution in [0.25, 0.3) is 0 Å². The van der Waals surface area contributed by atoms with Crippen LogP contribution >= 0.6 is 11.6 Å². The highest BCUT2D eigenvalue weighted by Gasteiger charge is 2.24. The third-order valence-electron chi connectivity index (χ3n) is 4.56. The number of ether oxygens (including phenoxy) is 1. The van der Waals surface area contributed by atoms with E-state index in [0.717, 1.165) is 12.8 Å². The highest BCUT2D eigenvalue weighted by atomic mass is 35.5. The number of benzene rings is 1. The van der Waals surface area contributed by atoms with Gasteiger partial charge in [-0.25, -0.2) is 0 Å². The number of nitrogens with one attached hydrogen (secondary N) is 1. The molecule has 0 spiro atoms. The lowest BCUT2D eigenvalue weighted by atomic mass is 10.1. The van der Waals surface area contributed by atoms with Crippen molar-refractivity contribution in [1.82, 2.24) is 15.2 Å². The molecule has 7 heteroatoms. The minimum absolute atomic E-state index is 0. The van der Waals surface area contributed by atoms with Crippen LogP contribution in [-0.4, -0.2) is 47.9 Å². The Morgan fingerprint density at radius 3 is 2.64 bits per heavy atom. The molecule has 1 aromatic heterocycles. The minimum atomic E-state index is -0.191. The first-order chi connectivity index (χ1) is 13.1. The molecule has 1 fully saturated rings. The first-order valence-electron chi connectivity index (χ1n) is 8.93. The maximum atomic E-state index is 12.6. The van der Waals surface area contributed by atoms with Gasteiger partial charge in [-0.05, 0) is 24.3 Å². The number of hydrogen-bond donors (Lipinski definition) is 1. The van der Waals surface area contributed by atoms with Crippen LogP contribution in [0.3, 0.4) is 0 Å². The van der Waals surface area contributed by atoms with Crippen LogP contribution in [0.5, 0.6) is 5.75 Å². The molecule has 1 aliphatic heterocycles. The molecule has 3 rings (SSSR count). The Balaban J connectivity index is 0.00000280. The van der Waals surface area contributed by atoms with Gasteiger partial charge in [-0.2, -0.15) is 0 Å². The van der Waals surface area contributed by atoms with Crippen molar-refractivity contribution in [2.75, 3.05) is 20.1 Å². The van der Waals surface area contributed by atoms with Gasteiger partial charge in [-0.15, -0.1) is 0 Å². The summed E-state index contributed by atoms with van der Waals surface area (Å²) in [5, 5.41) is 3.16. The maximum Gasteiger partial charge on any atom is 0.251 e. The summed E-state index contributed by atoms with van der Waals surface area (Å²) in [6.45, 7) is 1.26. The Morgan fingerprint density at radius 2 is 1.96 bits per heavy atom. The van der Waals surface area contributed by atoms with E-state index in [9.17, 15) is 9.59 Å². The number of aromatic nitrogens is 1. The number of rotatable bonds is 5. The first kappa shape index (κ1) is 21.7. The van der Waals surface area contributed by atoms with E-state index in [0.29, 0.717) is 35.1 Å². The zero-order valence-corrected chi connectivity index (χ0v) is 15.9. The van der Waals surface area contributed by atoms with Crippen LogP contribution in [0.1, 0.15) is 36.3 Å². The second-order valence-electron chi connectivity index (χ2n) is 6.42. The number of carbonyl (C=O) groups is 2. The number of carbonyl (C=O) groups excluding carboxylic acids is 2. The molecule has 1 N–H and O–H groups in total. The summed E-state index contributed by atoms with van der Waals surface area (Å²) in [7, 11) is 1.57. The van der Waals surface area contributed by atoms with Gasteiger partial charge in [0.25, 0.3) is 5.91 Å². The number of para-hydroxylation sites is 1. The van der Waals surface area contributed by atoms with Crippen LogP contribution in [0.2, 0.25) is 5.02 Å². The number of nitrogens with zero attached hydrogens (tertiary/aromatic N) is 2. The molecular weight excluding hydrogens is 378 g/mol. The number of hydrogen-bond acceptors (Lipinski definition) is 4. The van der Waals surface area contributed by atoms with Crippen molar-refractivity contribution in [3.63, 3.8) is 0 Å². The molecule has 0 saturated carbocycles. The van der Waals surface area contributed by atoms with E-state index in [2.05, 4.69) is 10.3 Å². The van der Waals surface area contributed by atoms with Gasteiger partial charge < -0.3 is 15.0 Å². The molecule has 1 saturated heterocycles. The predicted octanol–water partition coefficient (Wildman–Crippen LogP) is 3.34. The van der Waals surface area contributed by atoms with Crippen LogP contribution in [0, 0.1) is 0 Å². The summed E-state index contributed by atoms with van der Waals surface area (Å²) >= 11 is 6.13.